The average molecular weight is 267 g/mol. The van der Waals surface area contributed by atoms with Crippen LogP contribution in [0.25, 0.3) is 28.5 Å². The van der Waals surface area contributed by atoms with Crippen molar-refractivity contribution in [2.45, 2.75) is 13.6 Å². The Morgan fingerprint density at radius 1 is 1.30 bits per heavy atom. The van der Waals surface area contributed by atoms with E-state index in [0.29, 0.717) is 11.2 Å². The fraction of sp³-hybridized carbons (Fsp3) is 0.125. The van der Waals surface area contributed by atoms with E-state index in [1.165, 1.54) is 0 Å². The number of allylic oxidation sites excluding steroid dienone is 1. The number of pyridine rings is 2. The summed E-state index contributed by atoms with van der Waals surface area (Å²) in [6, 6.07) is 9.52. The predicted octanol–water partition coefficient (Wildman–Crippen LogP) is 4.13. The summed E-state index contributed by atoms with van der Waals surface area (Å²) in [5, 5.41) is 0.988. The third-order valence-corrected chi connectivity index (χ3v) is 3.15. The van der Waals surface area contributed by atoms with Gasteiger partial charge in [-0.05, 0) is 43.3 Å². The normalized spacial score (nSPS) is 11.5. The maximum Gasteiger partial charge on any atom is 0.159 e. The van der Waals surface area contributed by atoms with Crippen molar-refractivity contribution in [1.82, 2.24) is 15.0 Å². The highest BCUT2D eigenvalue weighted by molar-refractivity contribution is 5.77. The van der Waals surface area contributed by atoms with E-state index in [0.717, 1.165) is 22.5 Å². The Morgan fingerprint density at radius 2 is 2.20 bits per heavy atom. The Kier molecular flexibility index (Phi) is 3.29. The molecule has 0 amide bonds. The summed E-state index contributed by atoms with van der Waals surface area (Å²) in [6.07, 6.45) is 5.45. The number of rotatable bonds is 3. The minimum absolute atomic E-state index is 0.498. The average Bonchev–Trinajstić information content (AvgIpc) is 2.90. The first-order valence-electron chi connectivity index (χ1n) is 6.44. The number of aromatic amines is 1. The SMILES string of the molecule is C/C=C\c1[nH]c(-c2ccc3cccnc3n2)cc1CF. The second kappa shape index (κ2) is 5.25. The first-order valence-corrected chi connectivity index (χ1v) is 6.44. The van der Waals surface area contributed by atoms with E-state index in [2.05, 4.69) is 15.0 Å². The number of aromatic nitrogens is 3. The van der Waals surface area contributed by atoms with Crippen molar-refractivity contribution in [3.63, 3.8) is 0 Å². The molecule has 0 unspecified atom stereocenters. The lowest BCUT2D eigenvalue weighted by Gasteiger charge is -2.00. The molecule has 3 rings (SSSR count). The van der Waals surface area contributed by atoms with Gasteiger partial charge in [-0.1, -0.05) is 6.08 Å². The van der Waals surface area contributed by atoms with Crippen molar-refractivity contribution < 1.29 is 4.39 Å². The van der Waals surface area contributed by atoms with Crippen LogP contribution in [-0.4, -0.2) is 15.0 Å². The molecular weight excluding hydrogens is 253 g/mol. The number of alkyl halides is 1. The molecule has 20 heavy (non-hydrogen) atoms. The molecule has 100 valence electrons. The molecule has 0 spiro atoms. The molecule has 0 saturated carbocycles. The number of H-pyrrole nitrogens is 1. The van der Waals surface area contributed by atoms with E-state index in [1.807, 2.05) is 43.3 Å². The Labute approximate surface area is 116 Å². The van der Waals surface area contributed by atoms with Crippen molar-refractivity contribution in [2.75, 3.05) is 0 Å². The molecule has 3 heterocycles. The van der Waals surface area contributed by atoms with Gasteiger partial charge in [-0.25, -0.2) is 14.4 Å². The fourth-order valence-corrected chi connectivity index (χ4v) is 2.18. The number of halogens is 1. The van der Waals surface area contributed by atoms with Crippen LogP contribution in [0.15, 0.2) is 42.6 Å². The van der Waals surface area contributed by atoms with E-state index in [1.54, 1.807) is 12.3 Å². The van der Waals surface area contributed by atoms with Gasteiger partial charge in [0, 0.05) is 22.8 Å². The standard InChI is InChI=1S/C16H14FN3/c1-2-4-13-12(10-17)9-15(19-13)14-7-6-11-5-3-8-18-16(11)20-14/h2-9,19H,10H2,1H3/b4-2-. The zero-order chi connectivity index (χ0) is 13.9. The molecule has 0 saturated heterocycles. The summed E-state index contributed by atoms with van der Waals surface area (Å²) in [5.74, 6) is 0. The fourth-order valence-electron chi connectivity index (χ4n) is 2.18. The molecule has 0 bridgehead atoms. The second-order valence-corrected chi connectivity index (χ2v) is 4.50. The maximum atomic E-state index is 13.0. The lowest BCUT2D eigenvalue weighted by atomic mass is 10.2. The molecule has 0 aliphatic heterocycles. The first kappa shape index (κ1) is 12.5. The van der Waals surface area contributed by atoms with E-state index in [4.69, 9.17) is 0 Å². The second-order valence-electron chi connectivity index (χ2n) is 4.50. The third kappa shape index (κ3) is 2.20. The van der Waals surface area contributed by atoms with Crippen molar-refractivity contribution in [3.8, 4) is 11.4 Å². The van der Waals surface area contributed by atoms with Gasteiger partial charge in [0.2, 0.25) is 0 Å². The van der Waals surface area contributed by atoms with Crippen molar-refractivity contribution in [3.05, 3.63) is 53.9 Å². The first-order chi connectivity index (χ1) is 9.81. The summed E-state index contributed by atoms with van der Waals surface area (Å²) in [7, 11) is 0. The van der Waals surface area contributed by atoms with Gasteiger partial charge in [-0.3, -0.25) is 0 Å². The molecule has 0 fully saturated rings. The van der Waals surface area contributed by atoms with Crippen LogP contribution >= 0.6 is 0 Å². The Bertz CT molecular complexity index is 774. The van der Waals surface area contributed by atoms with Gasteiger partial charge in [0.05, 0.1) is 11.4 Å². The van der Waals surface area contributed by atoms with Crippen molar-refractivity contribution in [2.24, 2.45) is 0 Å². The van der Waals surface area contributed by atoms with E-state index < -0.39 is 6.67 Å². The van der Waals surface area contributed by atoms with E-state index >= 15 is 0 Å². The molecule has 3 aromatic heterocycles. The number of hydrogen-bond donors (Lipinski definition) is 1. The van der Waals surface area contributed by atoms with Crippen LogP contribution in [0.5, 0.6) is 0 Å². The molecule has 0 aliphatic carbocycles. The summed E-state index contributed by atoms with van der Waals surface area (Å²) in [5.41, 5.74) is 3.68. The Balaban J connectivity index is 2.10. The minimum Gasteiger partial charge on any atom is -0.353 e. The van der Waals surface area contributed by atoms with Gasteiger partial charge in [0.15, 0.2) is 5.65 Å². The molecule has 0 radical (unpaired) electrons. The van der Waals surface area contributed by atoms with Gasteiger partial charge in [-0.2, -0.15) is 0 Å². The summed E-state index contributed by atoms with van der Waals surface area (Å²) in [6.45, 7) is 1.41. The van der Waals surface area contributed by atoms with E-state index in [9.17, 15) is 4.39 Å². The number of hydrogen-bond acceptors (Lipinski definition) is 2. The monoisotopic (exact) mass is 267 g/mol. The lowest BCUT2D eigenvalue weighted by molar-refractivity contribution is 0.485. The zero-order valence-corrected chi connectivity index (χ0v) is 11.1. The molecule has 0 atom stereocenters. The highest BCUT2D eigenvalue weighted by atomic mass is 19.1. The molecule has 4 heteroatoms. The highest BCUT2D eigenvalue weighted by Crippen LogP contribution is 2.23. The van der Waals surface area contributed by atoms with Gasteiger partial charge in [0.1, 0.15) is 6.67 Å². The minimum atomic E-state index is -0.498. The van der Waals surface area contributed by atoms with Gasteiger partial charge in [0.25, 0.3) is 0 Å². The Hall–Kier alpha value is -2.49. The molecule has 3 aromatic rings. The van der Waals surface area contributed by atoms with Gasteiger partial charge in [-0.15, -0.1) is 0 Å². The molecule has 1 N–H and O–H groups in total. The number of nitrogens with one attached hydrogen (secondary N) is 1. The highest BCUT2D eigenvalue weighted by Gasteiger charge is 2.09. The van der Waals surface area contributed by atoms with Crippen LogP contribution < -0.4 is 0 Å². The quantitative estimate of drug-likeness (QED) is 0.775. The molecule has 0 aromatic carbocycles. The molecular formula is C16H14FN3. The summed E-state index contributed by atoms with van der Waals surface area (Å²) >= 11 is 0. The summed E-state index contributed by atoms with van der Waals surface area (Å²) < 4.78 is 13.0. The zero-order valence-electron chi connectivity index (χ0n) is 11.1. The number of nitrogens with zero attached hydrogens (tertiary/aromatic N) is 2. The lowest BCUT2D eigenvalue weighted by Crippen LogP contribution is -1.87. The summed E-state index contributed by atoms with van der Waals surface area (Å²) in [4.78, 5) is 11.9. The topological polar surface area (TPSA) is 41.6 Å². The van der Waals surface area contributed by atoms with Crippen molar-refractivity contribution in [1.29, 1.82) is 0 Å². The van der Waals surface area contributed by atoms with Crippen LogP contribution in [0.1, 0.15) is 18.2 Å². The smallest absolute Gasteiger partial charge is 0.159 e. The van der Waals surface area contributed by atoms with Crippen LogP contribution in [0.3, 0.4) is 0 Å². The van der Waals surface area contributed by atoms with Crippen molar-refractivity contribution >= 4 is 17.1 Å². The van der Waals surface area contributed by atoms with Crippen LogP contribution in [-0.2, 0) is 6.67 Å². The van der Waals surface area contributed by atoms with Crippen LogP contribution in [0, 0.1) is 0 Å². The van der Waals surface area contributed by atoms with Crippen LogP contribution in [0.2, 0.25) is 0 Å². The molecule has 3 nitrogen and oxygen atoms in total. The van der Waals surface area contributed by atoms with Gasteiger partial charge < -0.3 is 4.98 Å². The third-order valence-electron chi connectivity index (χ3n) is 3.15. The van der Waals surface area contributed by atoms with Crippen LogP contribution in [0.4, 0.5) is 4.39 Å². The predicted molar refractivity (Wildman–Crippen MR) is 78.8 cm³/mol. The van der Waals surface area contributed by atoms with E-state index in [-0.39, 0.29) is 0 Å². The Morgan fingerprint density at radius 3 is 3.00 bits per heavy atom. The number of fused-ring (bicyclic) bond motifs is 1. The molecule has 0 aliphatic rings. The largest absolute Gasteiger partial charge is 0.353 e. The van der Waals surface area contributed by atoms with Gasteiger partial charge >= 0.3 is 0 Å². The maximum absolute atomic E-state index is 13.0.